The summed E-state index contributed by atoms with van der Waals surface area (Å²) in [6, 6.07) is 9.90. The largest absolute Gasteiger partial charge is 0.461 e. The van der Waals surface area contributed by atoms with Crippen molar-refractivity contribution < 1.29 is 38.3 Å². The smallest absolute Gasteiger partial charge is 0.309 e. The molecule has 0 amide bonds. The number of carbonyl (C=O) groups excluding carboxylic acids is 7. The standard InChI is InChI=1S/C83H132O8/c1-8-65(71-41-25-19-35-58(71)49-64(84)55-83(14-7)47-31-16-32-48-83)77(85)50-59-36-20-26-42-72(59)66(9-2)78(86)51-60-37-21-27-43-73(60)67(10-3)79(87)52-61-38-22-28-44-74(61)68(11-4)80(88)53-62-39-23-29-45-75(62)69(12-5)81(89)54-63-40-24-30-46-76(63)70(13-6)82(90)91-56-57-33-17-15-18-34-57/h15,17-18,33-34,58-63,65-76H,8-14,16,19-32,35-56H2,1-7H3/t58-,59-,60-,61-,62-,63-,65+,66+,67+,68+,69+,70+,71?,72?,73?,74?,75?,76?/m1/s1. The lowest BCUT2D eigenvalue weighted by Crippen LogP contribution is -2.40. The molecule has 0 spiro atoms. The van der Waals surface area contributed by atoms with Gasteiger partial charge in [0.05, 0.1) is 5.92 Å². The summed E-state index contributed by atoms with van der Waals surface area (Å²) in [5.74, 6) is 4.29. The van der Waals surface area contributed by atoms with E-state index >= 15 is 14.4 Å². The summed E-state index contributed by atoms with van der Waals surface area (Å²) in [6.07, 6.45) is 41.6. The van der Waals surface area contributed by atoms with Crippen molar-refractivity contribution >= 4 is 40.7 Å². The van der Waals surface area contributed by atoms with Crippen molar-refractivity contribution in [3.8, 4) is 0 Å². The molecular weight excluding hydrogens is 1120 g/mol. The van der Waals surface area contributed by atoms with E-state index in [4.69, 9.17) is 4.74 Å². The summed E-state index contributed by atoms with van der Waals surface area (Å²) in [7, 11) is 0. The zero-order valence-electron chi connectivity index (χ0n) is 59.2. The Morgan fingerprint density at radius 3 is 0.912 bits per heavy atom. The van der Waals surface area contributed by atoms with Gasteiger partial charge in [0.1, 0.15) is 41.3 Å². The minimum absolute atomic E-state index is 0.0000601. The average molecular weight is 1260 g/mol. The third-order valence-corrected chi connectivity index (χ3v) is 27.2. The first kappa shape index (κ1) is 73.5. The van der Waals surface area contributed by atoms with Crippen molar-refractivity contribution in [3.63, 3.8) is 0 Å². The highest BCUT2D eigenvalue weighted by molar-refractivity contribution is 5.86. The Kier molecular flexibility index (Phi) is 30.1. The molecule has 0 bridgehead atoms. The van der Waals surface area contributed by atoms with Gasteiger partial charge in [-0.1, -0.05) is 182 Å². The van der Waals surface area contributed by atoms with Crippen molar-refractivity contribution in [2.45, 2.75) is 331 Å². The zero-order chi connectivity index (χ0) is 64.9. The first-order chi connectivity index (χ1) is 44.2. The van der Waals surface area contributed by atoms with E-state index in [1.54, 1.807) is 0 Å². The van der Waals surface area contributed by atoms with E-state index in [1.165, 1.54) is 32.1 Å². The Hall–Kier alpha value is -3.29. The molecular formula is C83H132O8. The number of benzene rings is 1. The molecule has 8 nitrogen and oxygen atoms in total. The number of ether oxygens (including phenoxy) is 1. The van der Waals surface area contributed by atoms with E-state index < -0.39 is 0 Å². The van der Waals surface area contributed by atoms with Crippen molar-refractivity contribution in [3.05, 3.63) is 35.9 Å². The summed E-state index contributed by atoms with van der Waals surface area (Å²) in [5.41, 5.74) is 1.18. The highest BCUT2D eigenvalue weighted by atomic mass is 16.5. The lowest BCUT2D eigenvalue weighted by molar-refractivity contribution is -0.154. The van der Waals surface area contributed by atoms with Crippen LogP contribution >= 0.6 is 0 Å². The maximum atomic E-state index is 15.1. The van der Waals surface area contributed by atoms with Crippen molar-refractivity contribution in [2.24, 2.45) is 112 Å². The first-order valence-electron chi connectivity index (χ1n) is 39.6. The molecule has 0 aromatic heterocycles. The fourth-order valence-electron chi connectivity index (χ4n) is 22.2. The van der Waals surface area contributed by atoms with Crippen LogP contribution in [0.4, 0.5) is 0 Å². The van der Waals surface area contributed by atoms with E-state index in [9.17, 15) is 19.2 Å². The molecule has 0 saturated heterocycles. The first-order valence-corrected chi connectivity index (χ1v) is 39.6. The summed E-state index contributed by atoms with van der Waals surface area (Å²) in [4.78, 5) is 103. The minimum Gasteiger partial charge on any atom is -0.461 e. The van der Waals surface area contributed by atoms with Gasteiger partial charge in [-0.3, -0.25) is 33.6 Å². The van der Waals surface area contributed by atoms with Gasteiger partial charge in [0.25, 0.3) is 0 Å². The molecule has 1 aromatic carbocycles. The highest BCUT2D eigenvalue weighted by Gasteiger charge is 2.46. The second-order valence-corrected chi connectivity index (χ2v) is 32.1. The summed E-state index contributed by atoms with van der Waals surface area (Å²) < 4.78 is 5.94. The molecule has 7 fully saturated rings. The van der Waals surface area contributed by atoms with Gasteiger partial charge < -0.3 is 4.74 Å². The van der Waals surface area contributed by atoms with Crippen molar-refractivity contribution in [2.75, 3.05) is 0 Å². The van der Waals surface area contributed by atoms with Crippen LogP contribution in [0.3, 0.4) is 0 Å². The van der Waals surface area contributed by atoms with Crippen LogP contribution in [0.15, 0.2) is 30.3 Å². The van der Waals surface area contributed by atoms with Crippen molar-refractivity contribution in [1.29, 1.82) is 0 Å². The molecule has 7 aliphatic carbocycles. The van der Waals surface area contributed by atoms with Crippen LogP contribution in [-0.2, 0) is 44.9 Å². The lowest BCUT2D eigenvalue weighted by atomic mass is 9.62. The van der Waals surface area contributed by atoms with Crippen molar-refractivity contribution in [1.82, 2.24) is 0 Å². The maximum Gasteiger partial charge on any atom is 0.309 e. The molecule has 91 heavy (non-hydrogen) atoms. The van der Waals surface area contributed by atoms with Crippen LogP contribution in [0.5, 0.6) is 0 Å². The molecule has 8 heteroatoms. The topological polar surface area (TPSA) is 129 Å². The zero-order valence-corrected chi connectivity index (χ0v) is 59.2. The molecule has 8 rings (SSSR count). The average Bonchev–Trinajstić information content (AvgIpc) is 1.40. The van der Waals surface area contributed by atoms with E-state index in [2.05, 4.69) is 48.5 Å². The molecule has 0 N–H and O–H groups in total. The molecule has 18 atom stereocenters. The van der Waals surface area contributed by atoms with Gasteiger partial charge in [-0.25, -0.2) is 0 Å². The normalized spacial score (nSPS) is 31.0. The summed E-state index contributed by atoms with van der Waals surface area (Å²) >= 11 is 0. The van der Waals surface area contributed by atoms with Gasteiger partial charge in [-0.2, -0.15) is 0 Å². The minimum atomic E-state index is -0.210. The molecule has 512 valence electrons. The second-order valence-electron chi connectivity index (χ2n) is 32.1. The number of ketones is 6. The lowest BCUT2D eigenvalue weighted by Gasteiger charge is -2.41. The second kappa shape index (κ2) is 37.3. The summed E-state index contributed by atoms with van der Waals surface area (Å²) in [5, 5.41) is 0. The Bertz CT molecular complexity index is 2420. The maximum absolute atomic E-state index is 15.1. The Morgan fingerprint density at radius 1 is 0.352 bits per heavy atom. The van der Waals surface area contributed by atoms with Crippen LogP contribution < -0.4 is 0 Å². The number of hydrogen-bond acceptors (Lipinski definition) is 8. The van der Waals surface area contributed by atoms with Crippen LogP contribution in [0.25, 0.3) is 0 Å². The monoisotopic (exact) mass is 1260 g/mol. The molecule has 7 saturated carbocycles. The van der Waals surface area contributed by atoms with E-state index in [-0.39, 0.29) is 113 Å². The number of Topliss-reactive ketones (excluding diaryl/α,β-unsaturated/α-hetero) is 6. The molecule has 0 radical (unpaired) electrons. The van der Waals surface area contributed by atoms with Crippen LogP contribution in [0.2, 0.25) is 0 Å². The van der Waals surface area contributed by atoms with E-state index in [1.807, 2.05) is 30.3 Å². The van der Waals surface area contributed by atoms with Gasteiger partial charge in [0, 0.05) is 74.5 Å². The predicted molar refractivity (Wildman–Crippen MR) is 370 cm³/mol. The van der Waals surface area contributed by atoms with E-state index in [0.717, 1.165) is 205 Å². The number of carbonyl (C=O) groups is 7. The van der Waals surface area contributed by atoms with Crippen LogP contribution in [-0.4, -0.2) is 40.7 Å². The van der Waals surface area contributed by atoms with E-state index in [0.29, 0.717) is 91.5 Å². The quantitative estimate of drug-likeness (QED) is 0.0615. The number of rotatable bonds is 35. The summed E-state index contributed by atoms with van der Waals surface area (Å²) in [6.45, 7) is 15.7. The third kappa shape index (κ3) is 19.7. The fourth-order valence-corrected chi connectivity index (χ4v) is 22.2. The molecule has 1 aromatic rings. The number of hydrogen-bond donors (Lipinski definition) is 0. The van der Waals surface area contributed by atoms with Gasteiger partial charge >= 0.3 is 5.97 Å². The molecule has 6 unspecified atom stereocenters. The highest BCUT2D eigenvalue weighted by Crippen LogP contribution is 2.50. The number of esters is 1. The predicted octanol–water partition coefficient (Wildman–Crippen LogP) is 21.2. The SMILES string of the molecule is CC[C@H](C(=O)C[C@H]1CCCCC1[C@H](CC)C(=O)C[C@H]1CCCCC1[C@H](CC)C(=O)C[C@H]1CCCCC1[C@H](CC)C(=O)C[C@H]1CCCCC1[C@H](CC)C(=O)C[C@H]1CCCCC1[C@H](CC)C(=O)OCc1ccccc1)C1CCCC[C@@H]1CC(=O)CC1(CC)CCCCC1. The molecule has 7 aliphatic rings. The third-order valence-electron chi connectivity index (χ3n) is 27.2. The fraction of sp³-hybridized carbons (Fsp3) is 0.843. The van der Waals surface area contributed by atoms with Gasteiger partial charge in [-0.05, 0) is 210 Å². The molecule has 0 aliphatic heterocycles. The Balaban J connectivity index is 0.869. The van der Waals surface area contributed by atoms with Crippen LogP contribution in [0, 0.1) is 112 Å². The molecule has 0 heterocycles. The Labute approximate surface area is 555 Å². The van der Waals surface area contributed by atoms with Crippen LogP contribution in [0.1, 0.15) is 330 Å². The van der Waals surface area contributed by atoms with Gasteiger partial charge in [-0.15, -0.1) is 0 Å². The Morgan fingerprint density at radius 2 is 0.626 bits per heavy atom. The van der Waals surface area contributed by atoms with Gasteiger partial charge in [0.15, 0.2) is 0 Å². The van der Waals surface area contributed by atoms with Gasteiger partial charge in [0.2, 0.25) is 0 Å².